The van der Waals surface area contributed by atoms with Crippen molar-refractivity contribution in [1.82, 2.24) is 9.57 Å². The van der Waals surface area contributed by atoms with E-state index in [2.05, 4.69) is 48.3 Å². The van der Waals surface area contributed by atoms with Crippen LogP contribution in [0.25, 0.3) is 0 Å². The number of ether oxygens (including phenoxy) is 2. The summed E-state index contributed by atoms with van der Waals surface area (Å²) in [7, 11) is 1.51. The number of morpholine rings is 1. The fourth-order valence-corrected chi connectivity index (χ4v) is 5.75. The second kappa shape index (κ2) is 11.4. The molecule has 1 aromatic rings. The number of methoxy groups -OCH3 is 1. The molecule has 0 amide bonds. The van der Waals surface area contributed by atoms with E-state index in [0.717, 1.165) is 38.1 Å². The van der Waals surface area contributed by atoms with Crippen LogP contribution in [-0.4, -0.2) is 68.8 Å². The predicted molar refractivity (Wildman–Crippen MR) is 118 cm³/mol. The van der Waals surface area contributed by atoms with Crippen molar-refractivity contribution in [2.45, 2.75) is 52.5 Å². The average Bonchev–Trinajstić information content (AvgIpc) is 2.74. The molecule has 1 unspecified atom stereocenters. The summed E-state index contributed by atoms with van der Waals surface area (Å²) in [5.41, 5.74) is 1.31. The van der Waals surface area contributed by atoms with Crippen LogP contribution in [0.15, 0.2) is 18.2 Å². The van der Waals surface area contributed by atoms with Crippen molar-refractivity contribution in [1.29, 1.82) is 0 Å². The predicted octanol–water partition coefficient (Wildman–Crippen LogP) is 4.29. The lowest BCUT2D eigenvalue weighted by Gasteiger charge is -2.42. The third-order valence-electron chi connectivity index (χ3n) is 5.64. The molecule has 1 atom stereocenters. The van der Waals surface area contributed by atoms with Crippen molar-refractivity contribution in [3.63, 3.8) is 0 Å². The maximum Gasteiger partial charge on any atom is 0.122 e. The Hall–Kier alpha value is -0.670. The topological polar surface area (TPSA) is 24.9 Å². The zero-order valence-corrected chi connectivity index (χ0v) is 19.1. The molecule has 1 aromatic carbocycles. The van der Waals surface area contributed by atoms with E-state index in [9.17, 15) is 0 Å². The van der Waals surface area contributed by atoms with E-state index < -0.39 is 0 Å². The minimum atomic E-state index is -0.274. The van der Waals surface area contributed by atoms with Crippen LogP contribution in [0.2, 0.25) is 0 Å². The van der Waals surface area contributed by atoms with E-state index >= 15 is 0 Å². The molecule has 154 valence electrons. The van der Waals surface area contributed by atoms with Crippen molar-refractivity contribution in [3.05, 3.63) is 23.8 Å². The molecule has 2 aliphatic heterocycles. The minimum absolute atomic E-state index is 0.274. The highest BCUT2D eigenvalue weighted by atomic mass is 31.1. The lowest BCUT2D eigenvalue weighted by atomic mass is 10.0. The Morgan fingerprint density at radius 1 is 1.07 bits per heavy atom. The van der Waals surface area contributed by atoms with Crippen molar-refractivity contribution >= 4 is 13.4 Å². The monoisotopic (exact) mass is 394 g/mol. The quantitative estimate of drug-likeness (QED) is 0.696. The molecule has 0 N–H and O–H groups in total. The molecule has 5 heteroatoms. The third kappa shape index (κ3) is 5.90. The SMILES string of the molecule is CC.COc1cc(P(C)N2CCC(N3CCOCC3)CC2)ccc1C(C)C. The fourth-order valence-electron chi connectivity index (χ4n) is 4.00. The van der Waals surface area contributed by atoms with Gasteiger partial charge in [0.15, 0.2) is 0 Å². The molecule has 0 spiro atoms. The van der Waals surface area contributed by atoms with Gasteiger partial charge in [0, 0.05) is 32.2 Å². The largest absolute Gasteiger partial charge is 0.496 e. The standard InChI is InChI=1S/C20H33N2O2P.C2H6/c1-16(2)19-6-5-18(15-20(19)23-3)25(4)22-9-7-17(8-10-22)21-11-13-24-14-12-21;1-2/h5-6,15-17H,7-14H2,1-4H3;1-2H3. The summed E-state index contributed by atoms with van der Waals surface area (Å²) < 4.78 is 13.8. The summed E-state index contributed by atoms with van der Waals surface area (Å²) >= 11 is 0. The number of hydrogen-bond donors (Lipinski definition) is 0. The van der Waals surface area contributed by atoms with Gasteiger partial charge in [0.1, 0.15) is 5.75 Å². The van der Waals surface area contributed by atoms with Crippen molar-refractivity contribution < 1.29 is 9.47 Å². The van der Waals surface area contributed by atoms with Gasteiger partial charge in [0.05, 0.1) is 20.3 Å². The Kier molecular flexibility index (Phi) is 9.52. The molecule has 2 fully saturated rings. The molecule has 4 nitrogen and oxygen atoms in total. The molecule has 0 saturated carbocycles. The van der Waals surface area contributed by atoms with Crippen LogP contribution in [-0.2, 0) is 4.74 Å². The summed E-state index contributed by atoms with van der Waals surface area (Å²) in [6.07, 6.45) is 2.57. The van der Waals surface area contributed by atoms with E-state index in [1.807, 2.05) is 13.8 Å². The molecular weight excluding hydrogens is 355 g/mol. The van der Waals surface area contributed by atoms with Gasteiger partial charge < -0.3 is 9.47 Å². The molecule has 3 rings (SSSR count). The molecule has 0 aliphatic carbocycles. The van der Waals surface area contributed by atoms with Crippen LogP contribution >= 0.6 is 8.07 Å². The second-order valence-corrected chi connectivity index (χ2v) is 9.57. The Balaban J connectivity index is 0.00000126. The molecule has 0 aromatic heterocycles. The number of benzene rings is 1. The highest BCUT2D eigenvalue weighted by molar-refractivity contribution is 7.62. The normalized spacial score (nSPS) is 20.9. The summed E-state index contributed by atoms with van der Waals surface area (Å²) in [5.74, 6) is 1.54. The Morgan fingerprint density at radius 3 is 2.26 bits per heavy atom. The first-order valence-corrected chi connectivity index (χ1v) is 12.3. The van der Waals surface area contributed by atoms with Crippen molar-refractivity contribution in [2.75, 3.05) is 53.2 Å². The van der Waals surface area contributed by atoms with E-state index in [1.54, 1.807) is 7.11 Å². The lowest BCUT2D eigenvalue weighted by molar-refractivity contribution is 0.00634. The van der Waals surface area contributed by atoms with Crippen LogP contribution in [0.4, 0.5) is 0 Å². The summed E-state index contributed by atoms with van der Waals surface area (Å²) in [6.45, 7) is 17.3. The van der Waals surface area contributed by atoms with Crippen LogP contribution in [0.1, 0.15) is 52.0 Å². The maximum absolute atomic E-state index is 5.65. The molecule has 2 aliphatic rings. The smallest absolute Gasteiger partial charge is 0.122 e. The van der Waals surface area contributed by atoms with Crippen LogP contribution in [0, 0.1) is 0 Å². The van der Waals surface area contributed by atoms with Crippen LogP contribution in [0.3, 0.4) is 0 Å². The first-order chi connectivity index (χ1) is 13.1. The number of nitrogens with zero attached hydrogens (tertiary/aromatic N) is 2. The van der Waals surface area contributed by atoms with E-state index in [1.165, 1.54) is 36.8 Å². The molecule has 2 saturated heterocycles. The Morgan fingerprint density at radius 2 is 1.70 bits per heavy atom. The van der Waals surface area contributed by atoms with Gasteiger partial charge >= 0.3 is 0 Å². The molecule has 2 heterocycles. The van der Waals surface area contributed by atoms with Crippen molar-refractivity contribution in [3.8, 4) is 5.75 Å². The average molecular weight is 395 g/mol. The highest BCUT2D eigenvalue weighted by Crippen LogP contribution is 2.40. The van der Waals surface area contributed by atoms with Gasteiger partial charge in [-0.3, -0.25) is 9.57 Å². The second-order valence-electron chi connectivity index (χ2n) is 7.44. The van der Waals surface area contributed by atoms with Crippen LogP contribution in [0.5, 0.6) is 5.75 Å². The highest BCUT2D eigenvalue weighted by Gasteiger charge is 2.28. The van der Waals surface area contributed by atoms with Crippen molar-refractivity contribution in [2.24, 2.45) is 0 Å². The van der Waals surface area contributed by atoms with E-state index in [0.29, 0.717) is 5.92 Å². The lowest BCUT2D eigenvalue weighted by Crippen LogP contribution is -2.48. The van der Waals surface area contributed by atoms with Gasteiger partial charge in [0.2, 0.25) is 0 Å². The molecular formula is C22H39N2O2P. The third-order valence-corrected chi connectivity index (χ3v) is 7.91. The first-order valence-electron chi connectivity index (χ1n) is 10.6. The summed E-state index contributed by atoms with van der Waals surface area (Å²) in [6, 6.07) is 7.60. The van der Waals surface area contributed by atoms with E-state index in [-0.39, 0.29) is 8.07 Å². The summed E-state index contributed by atoms with van der Waals surface area (Å²) in [5, 5.41) is 1.43. The van der Waals surface area contributed by atoms with Gasteiger partial charge in [0.25, 0.3) is 0 Å². The van der Waals surface area contributed by atoms with E-state index in [4.69, 9.17) is 9.47 Å². The number of piperidine rings is 1. The van der Waals surface area contributed by atoms with Gasteiger partial charge in [-0.05, 0) is 50.4 Å². The first kappa shape index (κ1) is 22.6. The Labute approximate surface area is 168 Å². The number of rotatable bonds is 5. The number of hydrogen-bond acceptors (Lipinski definition) is 4. The Bertz CT molecular complexity index is 553. The van der Waals surface area contributed by atoms with Gasteiger partial charge in [-0.1, -0.05) is 39.8 Å². The zero-order chi connectivity index (χ0) is 19.8. The maximum atomic E-state index is 5.65. The van der Waals surface area contributed by atoms with Gasteiger partial charge in [-0.2, -0.15) is 0 Å². The fraction of sp³-hybridized carbons (Fsp3) is 0.727. The summed E-state index contributed by atoms with van der Waals surface area (Å²) in [4.78, 5) is 2.64. The van der Waals surface area contributed by atoms with Crippen LogP contribution < -0.4 is 10.0 Å². The minimum Gasteiger partial charge on any atom is -0.496 e. The van der Waals surface area contributed by atoms with Gasteiger partial charge in [-0.15, -0.1) is 0 Å². The molecule has 0 radical (unpaired) electrons. The zero-order valence-electron chi connectivity index (χ0n) is 18.2. The molecule has 0 bridgehead atoms. The molecule has 27 heavy (non-hydrogen) atoms. The van der Waals surface area contributed by atoms with Gasteiger partial charge in [-0.25, -0.2) is 0 Å².